The van der Waals surface area contributed by atoms with Gasteiger partial charge in [-0.2, -0.15) is 0 Å². The number of rotatable bonds is 0. The summed E-state index contributed by atoms with van der Waals surface area (Å²) in [5.74, 6) is 1.18. The monoisotopic (exact) mass is 149 g/mol. The van der Waals surface area contributed by atoms with E-state index in [0.717, 1.165) is 12.4 Å². The van der Waals surface area contributed by atoms with E-state index < -0.39 is 0 Å². The van der Waals surface area contributed by atoms with Crippen LogP contribution in [-0.4, -0.2) is 24.4 Å². The third-order valence-corrected chi connectivity index (χ3v) is 2.02. The SMILES string of the molecule is CC1=NCN(C)c2[nH]ccc21. The first-order valence-corrected chi connectivity index (χ1v) is 3.69. The molecule has 0 amide bonds. The molecule has 0 radical (unpaired) electrons. The van der Waals surface area contributed by atoms with Gasteiger partial charge in [0.15, 0.2) is 0 Å². The van der Waals surface area contributed by atoms with Crippen LogP contribution in [0.5, 0.6) is 0 Å². The Morgan fingerprint density at radius 1 is 1.64 bits per heavy atom. The van der Waals surface area contributed by atoms with E-state index in [1.165, 1.54) is 11.4 Å². The van der Waals surface area contributed by atoms with Crippen molar-refractivity contribution >= 4 is 11.5 Å². The third-order valence-electron chi connectivity index (χ3n) is 2.02. The van der Waals surface area contributed by atoms with Crippen molar-refractivity contribution in [3.05, 3.63) is 17.8 Å². The first-order valence-electron chi connectivity index (χ1n) is 3.69. The second-order valence-electron chi connectivity index (χ2n) is 2.82. The van der Waals surface area contributed by atoms with Crippen LogP contribution in [0.2, 0.25) is 0 Å². The Morgan fingerprint density at radius 3 is 3.18 bits per heavy atom. The Bertz CT molecular complexity index is 298. The average Bonchev–Trinajstić information content (AvgIpc) is 2.45. The summed E-state index contributed by atoms with van der Waals surface area (Å²) < 4.78 is 0. The Morgan fingerprint density at radius 2 is 2.45 bits per heavy atom. The second kappa shape index (κ2) is 2.12. The average molecular weight is 149 g/mol. The molecular formula is C8H11N3. The number of hydrogen-bond donors (Lipinski definition) is 1. The second-order valence-corrected chi connectivity index (χ2v) is 2.82. The number of hydrogen-bond acceptors (Lipinski definition) is 2. The maximum Gasteiger partial charge on any atom is 0.116 e. The summed E-state index contributed by atoms with van der Waals surface area (Å²) in [6.45, 7) is 2.80. The molecule has 0 saturated heterocycles. The van der Waals surface area contributed by atoms with Crippen LogP contribution >= 0.6 is 0 Å². The van der Waals surface area contributed by atoms with E-state index in [-0.39, 0.29) is 0 Å². The van der Waals surface area contributed by atoms with Crippen LogP contribution in [-0.2, 0) is 0 Å². The van der Waals surface area contributed by atoms with Gasteiger partial charge in [0.25, 0.3) is 0 Å². The minimum Gasteiger partial charge on any atom is -0.348 e. The molecular weight excluding hydrogens is 138 g/mol. The normalized spacial score (nSPS) is 16.2. The number of nitrogens with zero attached hydrogens (tertiary/aromatic N) is 2. The molecule has 0 aliphatic carbocycles. The van der Waals surface area contributed by atoms with Crippen LogP contribution in [0.15, 0.2) is 17.3 Å². The molecule has 0 aromatic carbocycles. The molecule has 2 rings (SSSR count). The van der Waals surface area contributed by atoms with Crippen LogP contribution in [0, 0.1) is 0 Å². The van der Waals surface area contributed by atoms with Crippen LogP contribution in [0.4, 0.5) is 5.82 Å². The number of aromatic nitrogens is 1. The van der Waals surface area contributed by atoms with Crippen molar-refractivity contribution in [1.29, 1.82) is 0 Å². The van der Waals surface area contributed by atoms with Crippen molar-refractivity contribution in [2.24, 2.45) is 4.99 Å². The number of aliphatic imine (C=N–C) groups is 1. The fraction of sp³-hybridized carbons (Fsp3) is 0.375. The van der Waals surface area contributed by atoms with E-state index in [4.69, 9.17) is 0 Å². The third kappa shape index (κ3) is 0.843. The molecule has 0 unspecified atom stereocenters. The van der Waals surface area contributed by atoms with Crippen molar-refractivity contribution in [3.8, 4) is 0 Å². The van der Waals surface area contributed by atoms with Gasteiger partial charge in [-0.15, -0.1) is 0 Å². The Hall–Kier alpha value is -1.25. The summed E-state index contributed by atoms with van der Waals surface area (Å²) in [6.07, 6.45) is 1.95. The summed E-state index contributed by atoms with van der Waals surface area (Å²) in [5, 5.41) is 0. The topological polar surface area (TPSA) is 31.4 Å². The quantitative estimate of drug-likeness (QED) is 0.591. The molecule has 1 aliphatic rings. The zero-order valence-electron chi connectivity index (χ0n) is 6.76. The van der Waals surface area contributed by atoms with Gasteiger partial charge in [0.05, 0.1) is 0 Å². The lowest BCUT2D eigenvalue weighted by atomic mass is 10.2. The summed E-state index contributed by atoms with van der Waals surface area (Å²) in [6, 6.07) is 2.06. The first kappa shape index (κ1) is 6.46. The lowest BCUT2D eigenvalue weighted by Crippen LogP contribution is -2.24. The van der Waals surface area contributed by atoms with Gasteiger partial charge in [-0.1, -0.05) is 0 Å². The van der Waals surface area contributed by atoms with E-state index >= 15 is 0 Å². The smallest absolute Gasteiger partial charge is 0.116 e. The van der Waals surface area contributed by atoms with Gasteiger partial charge >= 0.3 is 0 Å². The highest BCUT2D eigenvalue weighted by molar-refractivity contribution is 6.04. The highest BCUT2D eigenvalue weighted by atomic mass is 15.2. The molecule has 0 bridgehead atoms. The molecule has 11 heavy (non-hydrogen) atoms. The summed E-state index contributed by atoms with van der Waals surface area (Å²) in [5.41, 5.74) is 2.35. The van der Waals surface area contributed by atoms with Crippen molar-refractivity contribution in [3.63, 3.8) is 0 Å². The lowest BCUT2D eigenvalue weighted by Gasteiger charge is -2.21. The Kier molecular flexibility index (Phi) is 1.24. The molecule has 1 aromatic rings. The molecule has 58 valence electrons. The van der Waals surface area contributed by atoms with Crippen LogP contribution in [0.3, 0.4) is 0 Å². The fourth-order valence-corrected chi connectivity index (χ4v) is 1.34. The van der Waals surface area contributed by atoms with Crippen LogP contribution in [0.1, 0.15) is 12.5 Å². The molecule has 1 aromatic heterocycles. The summed E-state index contributed by atoms with van der Waals surface area (Å²) >= 11 is 0. The largest absolute Gasteiger partial charge is 0.348 e. The highest BCUT2D eigenvalue weighted by Crippen LogP contribution is 2.21. The molecule has 2 heterocycles. The summed E-state index contributed by atoms with van der Waals surface area (Å²) in [4.78, 5) is 9.63. The minimum atomic E-state index is 0.763. The molecule has 1 aliphatic heterocycles. The van der Waals surface area contributed by atoms with E-state index in [1.54, 1.807) is 0 Å². The van der Waals surface area contributed by atoms with Crippen molar-refractivity contribution < 1.29 is 0 Å². The zero-order chi connectivity index (χ0) is 7.84. The van der Waals surface area contributed by atoms with Gasteiger partial charge in [-0.05, 0) is 13.0 Å². The number of H-pyrrole nitrogens is 1. The Labute approximate surface area is 65.7 Å². The van der Waals surface area contributed by atoms with Gasteiger partial charge in [0.2, 0.25) is 0 Å². The molecule has 1 N–H and O–H groups in total. The Balaban J connectivity index is 2.55. The molecule has 3 nitrogen and oxygen atoms in total. The summed E-state index contributed by atoms with van der Waals surface area (Å²) in [7, 11) is 2.03. The predicted octanol–water partition coefficient (Wildman–Crippen LogP) is 1.23. The van der Waals surface area contributed by atoms with Crippen LogP contribution < -0.4 is 4.90 Å². The number of anilines is 1. The maximum absolute atomic E-state index is 4.35. The highest BCUT2D eigenvalue weighted by Gasteiger charge is 2.14. The number of fused-ring (bicyclic) bond motifs is 1. The molecule has 3 heteroatoms. The minimum absolute atomic E-state index is 0.763. The predicted molar refractivity (Wildman–Crippen MR) is 46.3 cm³/mol. The van der Waals surface area contributed by atoms with Crippen molar-refractivity contribution in [2.75, 3.05) is 18.6 Å². The van der Waals surface area contributed by atoms with E-state index in [9.17, 15) is 0 Å². The van der Waals surface area contributed by atoms with E-state index in [0.29, 0.717) is 0 Å². The number of aromatic amines is 1. The molecule has 0 fully saturated rings. The molecule has 0 atom stereocenters. The van der Waals surface area contributed by atoms with Gasteiger partial charge in [0.1, 0.15) is 12.5 Å². The zero-order valence-corrected chi connectivity index (χ0v) is 6.76. The van der Waals surface area contributed by atoms with E-state index in [2.05, 4.69) is 20.9 Å². The molecule has 0 spiro atoms. The molecule has 0 saturated carbocycles. The first-order chi connectivity index (χ1) is 5.29. The standard InChI is InChI=1S/C8H11N3/c1-6-7-3-4-9-8(7)11(2)5-10-6/h3-4,9H,5H2,1-2H3. The van der Waals surface area contributed by atoms with Crippen molar-refractivity contribution in [1.82, 2.24) is 4.98 Å². The number of nitrogens with one attached hydrogen (secondary N) is 1. The fourth-order valence-electron chi connectivity index (χ4n) is 1.34. The van der Waals surface area contributed by atoms with Gasteiger partial charge < -0.3 is 9.88 Å². The van der Waals surface area contributed by atoms with E-state index in [1.807, 2.05) is 20.2 Å². The lowest BCUT2D eigenvalue weighted by molar-refractivity contribution is 0.898. The van der Waals surface area contributed by atoms with Gasteiger partial charge in [-0.3, -0.25) is 4.99 Å². The maximum atomic E-state index is 4.35. The van der Waals surface area contributed by atoms with Crippen LogP contribution in [0.25, 0.3) is 0 Å². The van der Waals surface area contributed by atoms with Gasteiger partial charge in [0, 0.05) is 24.5 Å². The van der Waals surface area contributed by atoms with Gasteiger partial charge in [-0.25, -0.2) is 0 Å². The van der Waals surface area contributed by atoms with Crippen molar-refractivity contribution in [2.45, 2.75) is 6.92 Å².